The standard InChI is InChI=1S/C14H11NO6/c1-2-20-13(18)10-8-15(21-14(10)19)12(17)11(16)9-6-4-3-5-7-9/h3-8H,2H2,1H3. The molecule has 0 spiro atoms. The summed E-state index contributed by atoms with van der Waals surface area (Å²) in [6, 6.07) is 7.78. The van der Waals surface area contributed by atoms with Crippen molar-refractivity contribution in [2.24, 2.45) is 0 Å². The molecule has 1 aromatic carbocycles. The van der Waals surface area contributed by atoms with Crippen molar-refractivity contribution < 1.29 is 23.6 Å². The Bertz CT molecular complexity index is 740. The van der Waals surface area contributed by atoms with Crippen molar-refractivity contribution in [3.05, 3.63) is 58.1 Å². The van der Waals surface area contributed by atoms with Crippen LogP contribution in [0.3, 0.4) is 0 Å². The molecular formula is C14H11NO6. The molecule has 0 bridgehead atoms. The number of carbonyl (C=O) groups is 3. The molecule has 0 radical (unpaired) electrons. The zero-order chi connectivity index (χ0) is 15.4. The normalized spacial score (nSPS) is 10.1. The van der Waals surface area contributed by atoms with Crippen LogP contribution in [-0.4, -0.2) is 29.0 Å². The molecule has 7 nitrogen and oxygen atoms in total. The first-order chi connectivity index (χ1) is 10.0. The van der Waals surface area contributed by atoms with Crippen LogP contribution >= 0.6 is 0 Å². The molecule has 0 amide bonds. The van der Waals surface area contributed by atoms with E-state index in [0.29, 0.717) is 4.74 Å². The number of carbonyl (C=O) groups excluding carboxylic acids is 3. The Labute approximate surface area is 118 Å². The third-order valence-corrected chi connectivity index (χ3v) is 2.57. The average molecular weight is 289 g/mol. The fourth-order valence-electron chi connectivity index (χ4n) is 1.59. The van der Waals surface area contributed by atoms with E-state index in [9.17, 15) is 19.2 Å². The Balaban J connectivity index is 2.29. The number of rotatable bonds is 4. The van der Waals surface area contributed by atoms with Gasteiger partial charge in [0.2, 0.25) is 0 Å². The molecule has 1 aromatic heterocycles. The number of hydrogen-bond acceptors (Lipinski definition) is 6. The van der Waals surface area contributed by atoms with Crippen LogP contribution in [0.15, 0.2) is 45.8 Å². The van der Waals surface area contributed by atoms with E-state index in [0.717, 1.165) is 6.20 Å². The van der Waals surface area contributed by atoms with Gasteiger partial charge in [-0.25, -0.2) is 9.59 Å². The van der Waals surface area contributed by atoms with Gasteiger partial charge in [0, 0.05) is 5.56 Å². The fourth-order valence-corrected chi connectivity index (χ4v) is 1.59. The predicted octanol–water partition coefficient (Wildman–Crippen LogP) is 1.14. The lowest BCUT2D eigenvalue weighted by atomic mass is 10.1. The van der Waals surface area contributed by atoms with Gasteiger partial charge in [0.1, 0.15) is 0 Å². The van der Waals surface area contributed by atoms with Crippen LogP contribution in [0.2, 0.25) is 0 Å². The highest BCUT2D eigenvalue weighted by Gasteiger charge is 2.24. The first kappa shape index (κ1) is 14.4. The summed E-state index contributed by atoms with van der Waals surface area (Å²) in [6.07, 6.45) is 0.851. The topological polar surface area (TPSA) is 95.6 Å². The van der Waals surface area contributed by atoms with E-state index in [2.05, 4.69) is 9.26 Å². The number of hydrogen-bond donors (Lipinski definition) is 0. The molecule has 7 heteroatoms. The van der Waals surface area contributed by atoms with E-state index in [1.165, 1.54) is 12.1 Å². The molecule has 0 N–H and O–H groups in total. The molecule has 2 rings (SSSR count). The minimum atomic E-state index is -1.08. The molecule has 0 atom stereocenters. The molecule has 2 aromatic rings. The Morgan fingerprint density at radius 3 is 2.48 bits per heavy atom. The maximum absolute atomic E-state index is 11.9. The lowest BCUT2D eigenvalue weighted by molar-refractivity contribution is 0.0523. The number of nitrogens with zero attached hydrogens (tertiary/aromatic N) is 1. The molecule has 0 fully saturated rings. The summed E-state index contributed by atoms with van der Waals surface area (Å²) in [4.78, 5) is 46.7. The summed E-state index contributed by atoms with van der Waals surface area (Å²) in [5, 5.41) is 0. The monoisotopic (exact) mass is 289 g/mol. The molecule has 1 heterocycles. The van der Waals surface area contributed by atoms with Crippen molar-refractivity contribution in [2.45, 2.75) is 6.92 Å². The van der Waals surface area contributed by atoms with Gasteiger partial charge in [-0.05, 0) is 6.92 Å². The Kier molecular flexibility index (Phi) is 4.13. The van der Waals surface area contributed by atoms with Gasteiger partial charge in [0.25, 0.3) is 5.78 Å². The highest BCUT2D eigenvalue weighted by molar-refractivity contribution is 6.43. The number of esters is 1. The van der Waals surface area contributed by atoms with E-state index >= 15 is 0 Å². The second-order valence-corrected chi connectivity index (χ2v) is 3.97. The maximum Gasteiger partial charge on any atom is 0.372 e. The van der Waals surface area contributed by atoms with Gasteiger partial charge in [0.15, 0.2) is 5.56 Å². The zero-order valence-corrected chi connectivity index (χ0v) is 11.1. The first-order valence-corrected chi connectivity index (χ1v) is 6.08. The third kappa shape index (κ3) is 2.97. The molecule has 0 unspecified atom stereocenters. The van der Waals surface area contributed by atoms with Crippen LogP contribution in [0.5, 0.6) is 0 Å². The third-order valence-electron chi connectivity index (χ3n) is 2.57. The zero-order valence-electron chi connectivity index (χ0n) is 11.1. The highest BCUT2D eigenvalue weighted by Crippen LogP contribution is 2.04. The van der Waals surface area contributed by atoms with Crippen molar-refractivity contribution in [2.75, 3.05) is 6.61 Å². The smallest absolute Gasteiger partial charge is 0.372 e. The Morgan fingerprint density at radius 1 is 1.19 bits per heavy atom. The number of aromatic nitrogens is 1. The van der Waals surface area contributed by atoms with Crippen LogP contribution in [0.4, 0.5) is 0 Å². The quantitative estimate of drug-likeness (QED) is 0.476. The number of benzene rings is 1. The number of Topliss-reactive ketones (excluding diaryl/α,β-unsaturated/α-hetero) is 1. The number of ether oxygens (including phenoxy) is 1. The minimum Gasteiger partial charge on any atom is -0.462 e. The van der Waals surface area contributed by atoms with Crippen LogP contribution in [0.25, 0.3) is 0 Å². The summed E-state index contributed by atoms with van der Waals surface area (Å²) < 4.78 is 9.65. The molecular weight excluding hydrogens is 278 g/mol. The molecule has 21 heavy (non-hydrogen) atoms. The molecule has 108 valence electrons. The van der Waals surface area contributed by atoms with E-state index < -0.39 is 28.8 Å². The average Bonchev–Trinajstić information content (AvgIpc) is 2.89. The van der Waals surface area contributed by atoms with Gasteiger partial charge in [-0.1, -0.05) is 30.3 Å². The fraction of sp³-hybridized carbons (Fsp3) is 0.143. The van der Waals surface area contributed by atoms with Crippen molar-refractivity contribution in [1.29, 1.82) is 0 Å². The largest absolute Gasteiger partial charge is 0.462 e. The molecule has 0 saturated heterocycles. The Morgan fingerprint density at radius 2 is 1.86 bits per heavy atom. The SMILES string of the molecule is CCOC(=O)c1cn(C(=O)C(=O)c2ccccc2)oc1=O. The summed E-state index contributed by atoms with van der Waals surface area (Å²) in [7, 11) is 0. The molecule has 0 saturated carbocycles. The second-order valence-electron chi connectivity index (χ2n) is 3.97. The lowest BCUT2D eigenvalue weighted by Gasteiger charge is -1.98. The Hall–Kier alpha value is -2.96. The van der Waals surface area contributed by atoms with Crippen LogP contribution < -0.4 is 5.63 Å². The van der Waals surface area contributed by atoms with Gasteiger partial charge >= 0.3 is 17.5 Å². The van der Waals surface area contributed by atoms with Gasteiger partial charge in [-0.2, -0.15) is 0 Å². The molecule has 0 aliphatic rings. The van der Waals surface area contributed by atoms with Crippen molar-refractivity contribution >= 4 is 17.7 Å². The van der Waals surface area contributed by atoms with Crippen LogP contribution in [0.1, 0.15) is 32.4 Å². The summed E-state index contributed by atoms with van der Waals surface area (Å²) in [5.74, 6) is -2.84. The highest BCUT2D eigenvalue weighted by atomic mass is 16.5. The van der Waals surface area contributed by atoms with E-state index in [1.54, 1.807) is 25.1 Å². The van der Waals surface area contributed by atoms with E-state index in [-0.39, 0.29) is 12.2 Å². The van der Waals surface area contributed by atoms with Crippen molar-refractivity contribution in [1.82, 2.24) is 4.74 Å². The lowest BCUT2D eigenvalue weighted by Crippen LogP contribution is -2.20. The van der Waals surface area contributed by atoms with Gasteiger partial charge < -0.3 is 9.26 Å². The van der Waals surface area contributed by atoms with Gasteiger partial charge in [-0.3, -0.25) is 9.59 Å². The maximum atomic E-state index is 11.9. The second kappa shape index (κ2) is 6.00. The minimum absolute atomic E-state index is 0.0698. The summed E-state index contributed by atoms with van der Waals surface area (Å²) >= 11 is 0. The molecule has 0 aliphatic heterocycles. The van der Waals surface area contributed by atoms with E-state index in [1.807, 2.05) is 0 Å². The predicted molar refractivity (Wildman–Crippen MR) is 70.3 cm³/mol. The number of ketones is 1. The van der Waals surface area contributed by atoms with Crippen molar-refractivity contribution in [3.8, 4) is 0 Å². The van der Waals surface area contributed by atoms with Crippen LogP contribution in [-0.2, 0) is 4.74 Å². The summed E-state index contributed by atoms with van der Waals surface area (Å²) in [6.45, 7) is 1.64. The first-order valence-electron chi connectivity index (χ1n) is 6.08. The van der Waals surface area contributed by atoms with Crippen LogP contribution in [0, 0.1) is 0 Å². The van der Waals surface area contributed by atoms with E-state index in [4.69, 9.17) is 0 Å². The van der Waals surface area contributed by atoms with Crippen molar-refractivity contribution in [3.63, 3.8) is 0 Å². The molecule has 0 aliphatic carbocycles. The van der Waals surface area contributed by atoms with Gasteiger partial charge in [0.05, 0.1) is 12.8 Å². The summed E-state index contributed by atoms with van der Waals surface area (Å²) in [5.41, 5.74) is -1.33. The van der Waals surface area contributed by atoms with Gasteiger partial charge in [-0.15, -0.1) is 4.74 Å².